The Morgan fingerprint density at radius 1 is 1.30 bits per heavy atom. The Labute approximate surface area is 128 Å². The van der Waals surface area contributed by atoms with Crippen molar-refractivity contribution in [1.82, 2.24) is 9.88 Å². The Morgan fingerprint density at radius 3 is 2.85 bits per heavy atom. The summed E-state index contributed by atoms with van der Waals surface area (Å²) in [4.78, 5) is 0. The molecule has 2 rings (SSSR count). The molecule has 20 heavy (non-hydrogen) atoms. The van der Waals surface area contributed by atoms with E-state index in [-0.39, 0.29) is 11.9 Å². The van der Waals surface area contributed by atoms with Crippen molar-refractivity contribution in [3.63, 3.8) is 0 Å². The summed E-state index contributed by atoms with van der Waals surface area (Å²) in [5.74, 6) is -0.214. The van der Waals surface area contributed by atoms with E-state index in [0.29, 0.717) is 11.0 Å². The van der Waals surface area contributed by atoms with Crippen LogP contribution in [0.3, 0.4) is 0 Å². The zero-order valence-electron chi connectivity index (χ0n) is 11.9. The van der Waals surface area contributed by atoms with Gasteiger partial charge in [-0.1, -0.05) is 19.1 Å². The van der Waals surface area contributed by atoms with Gasteiger partial charge in [0.15, 0.2) is 0 Å². The average molecular weight is 339 g/mol. The van der Waals surface area contributed by atoms with Gasteiger partial charge >= 0.3 is 0 Å². The zero-order chi connectivity index (χ0) is 14.5. The van der Waals surface area contributed by atoms with Gasteiger partial charge in [0.25, 0.3) is 0 Å². The van der Waals surface area contributed by atoms with Crippen molar-refractivity contribution < 1.29 is 4.39 Å². The lowest BCUT2D eigenvalue weighted by Crippen LogP contribution is -2.22. The van der Waals surface area contributed by atoms with E-state index in [1.54, 1.807) is 6.07 Å². The molecule has 0 aliphatic heterocycles. The second kappa shape index (κ2) is 7.04. The summed E-state index contributed by atoms with van der Waals surface area (Å²) < 4.78 is 16.3. The third kappa shape index (κ3) is 3.49. The summed E-state index contributed by atoms with van der Waals surface area (Å²) in [7, 11) is 0. The molecule has 0 radical (unpaired) electrons. The van der Waals surface area contributed by atoms with Crippen LogP contribution in [0.4, 0.5) is 4.39 Å². The maximum atomic E-state index is 13.6. The fourth-order valence-corrected chi connectivity index (χ4v) is 2.67. The molecule has 1 aromatic heterocycles. The minimum Gasteiger partial charge on any atom is -0.346 e. The minimum atomic E-state index is -0.214. The molecule has 1 N–H and O–H groups in total. The Morgan fingerprint density at radius 2 is 2.10 bits per heavy atom. The largest absolute Gasteiger partial charge is 0.346 e. The van der Waals surface area contributed by atoms with Gasteiger partial charge in [-0.15, -0.1) is 0 Å². The molecule has 4 heteroatoms. The molecule has 0 fully saturated rings. The Bertz CT molecular complexity index is 565. The van der Waals surface area contributed by atoms with E-state index in [1.807, 2.05) is 18.3 Å². The number of hydrogen-bond acceptors (Lipinski definition) is 1. The molecule has 0 aliphatic rings. The van der Waals surface area contributed by atoms with E-state index in [9.17, 15) is 4.39 Å². The third-order valence-electron chi connectivity index (χ3n) is 3.38. The van der Waals surface area contributed by atoms with Crippen LogP contribution in [0.5, 0.6) is 0 Å². The van der Waals surface area contributed by atoms with Crippen LogP contribution in [-0.2, 0) is 6.54 Å². The second-order valence-corrected chi connectivity index (χ2v) is 5.74. The normalized spacial score (nSPS) is 12.6. The summed E-state index contributed by atoms with van der Waals surface area (Å²) >= 11 is 3.33. The zero-order valence-corrected chi connectivity index (χ0v) is 13.5. The molecular formula is C16H20BrFN2. The van der Waals surface area contributed by atoms with E-state index in [2.05, 4.69) is 45.7 Å². The molecule has 1 aromatic carbocycles. The van der Waals surface area contributed by atoms with Crippen LogP contribution in [0.15, 0.2) is 41.0 Å². The lowest BCUT2D eigenvalue weighted by atomic mass is 10.2. The number of benzene rings is 1. The van der Waals surface area contributed by atoms with Crippen LogP contribution >= 0.6 is 15.9 Å². The molecule has 1 heterocycles. The van der Waals surface area contributed by atoms with Crippen LogP contribution in [0.2, 0.25) is 0 Å². The molecule has 0 saturated heterocycles. The maximum absolute atomic E-state index is 13.6. The highest BCUT2D eigenvalue weighted by Gasteiger charge is 2.11. The van der Waals surface area contributed by atoms with Crippen molar-refractivity contribution in [3.8, 4) is 0 Å². The Hall–Kier alpha value is -1.13. The number of rotatable bonds is 6. The quantitative estimate of drug-likeness (QED) is 0.820. The lowest BCUT2D eigenvalue weighted by Gasteiger charge is -2.17. The first kappa shape index (κ1) is 15.3. The van der Waals surface area contributed by atoms with Gasteiger partial charge in [-0.25, -0.2) is 4.39 Å². The lowest BCUT2D eigenvalue weighted by molar-refractivity contribution is 0.533. The predicted octanol–water partition coefficient (Wildman–Crippen LogP) is 4.50. The Balaban J connectivity index is 2.18. The first-order valence-corrected chi connectivity index (χ1v) is 7.74. The molecule has 0 bridgehead atoms. The molecule has 2 nitrogen and oxygen atoms in total. The van der Waals surface area contributed by atoms with Crippen LogP contribution in [0.1, 0.15) is 37.6 Å². The van der Waals surface area contributed by atoms with Crippen LogP contribution < -0.4 is 5.32 Å². The van der Waals surface area contributed by atoms with Crippen molar-refractivity contribution >= 4 is 15.9 Å². The van der Waals surface area contributed by atoms with Gasteiger partial charge in [0.2, 0.25) is 0 Å². The molecule has 0 saturated carbocycles. The third-order valence-corrected chi connectivity index (χ3v) is 4.27. The molecule has 0 aliphatic carbocycles. The molecule has 0 amide bonds. The Kier molecular flexibility index (Phi) is 5.38. The highest BCUT2D eigenvalue weighted by molar-refractivity contribution is 9.10. The number of nitrogens with zero attached hydrogens (tertiary/aromatic N) is 1. The molecule has 0 spiro atoms. The number of hydrogen-bond donors (Lipinski definition) is 1. The maximum Gasteiger partial charge on any atom is 0.137 e. The van der Waals surface area contributed by atoms with Crippen LogP contribution in [0, 0.1) is 5.82 Å². The van der Waals surface area contributed by atoms with Crippen LogP contribution in [-0.4, -0.2) is 11.1 Å². The number of halogens is 2. The van der Waals surface area contributed by atoms with Gasteiger partial charge in [0.1, 0.15) is 5.82 Å². The molecule has 1 atom stereocenters. The van der Waals surface area contributed by atoms with E-state index in [4.69, 9.17) is 0 Å². The van der Waals surface area contributed by atoms with Gasteiger partial charge in [0.05, 0.1) is 4.47 Å². The topological polar surface area (TPSA) is 17.0 Å². The predicted molar refractivity (Wildman–Crippen MR) is 84.3 cm³/mol. The summed E-state index contributed by atoms with van der Waals surface area (Å²) in [6.45, 7) is 5.97. The molecule has 2 aromatic rings. The van der Waals surface area contributed by atoms with Crippen molar-refractivity contribution in [2.75, 3.05) is 6.54 Å². The summed E-state index contributed by atoms with van der Waals surface area (Å²) in [6, 6.07) is 9.60. The van der Waals surface area contributed by atoms with Gasteiger partial charge in [-0.3, -0.25) is 0 Å². The SMILES string of the molecule is CCCNC(C)c1cccn1Cc1cccc(F)c1Br. The first-order valence-electron chi connectivity index (χ1n) is 6.94. The summed E-state index contributed by atoms with van der Waals surface area (Å²) in [5, 5.41) is 3.48. The van der Waals surface area contributed by atoms with Crippen LogP contribution in [0.25, 0.3) is 0 Å². The monoisotopic (exact) mass is 338 g/mol. The standard InChI is InChI=1S/C16H20BrFN2/c1-3-9-19-12(2)15-8-5-10-20(15)11-13-6-4-7-14(18)16(13)17/h4-8,10,12,19H,3,9,11H2,1-2H3. The van der Waals surface area contributed by atoms with E-state index in [0.717, 1.165) is 18.5 Å². The molecule has 1 unspecified atom stereocenters. The summed E-state index contributed by atoms with van der Waals surface area (Å²) in [5.41, 5.74) is 2.17. The fourth-order valence-electron chi connectivity index (χ4n) is 2.28. The van der Waals surface area contributed by atoms with E-state index >= 15 is 0 Å². The van der Waals surface area contributed by atoms with Crippen molar-refractivity contribution in [1.29, 1.82) is 0 Å². The minimum absolute atomic E-state index is 0.214. The van der Waals surface area contributed by atoms with Crippen molar-refractivity contribution in [2.24, 2.45) is 0 Å². The average Bonchev–Trinajstić information content (AvgIpc) is 2.89. The number of nitrogens with one attached hydrogen (secondary N) is 1. The second-order valence-electron chi connectivity index (χ2n) is 4.95. The van der Waals surface area contributed by atoms with Gasteiger partial charge in [0, 0.05) is 24.5 Å². The molecular weight excluding hydrogens is 319 g/mol. The van der Waals surface area contributed by atoms with Crippen molar-refractivity contribution in [3.05, 3.63) is 58.1 Å². The van der Waals surface area contributed by atoms with E-state index < -0.39 is 0 Å². The highest BCUT2D eigenvalue weighted by Crippen LogP contribution is 2.23. The van der Waals surface area contributed by atoms with Gasteiger partial charge in [-0.05, 0) is 59.6 Å². The number of aromatic nitrogens is 1. The smallest absolute Gasteiger partial charge is 0.137 e. The van der Waals surface area contributed by atoms with Gasteiger partial charge in [-0.2, -0.15) is 0 Å². The van der Waals surface area contributed by atoms with Crippen molar-refractivity contribution in [2.45, 2.75) is 32.9 Å². The first-order chi connectivity index (χ1) is 9.63. The van der Waals surface area contributed by atoms with Gasteiger partial charge < -0.3 is 9.88 Å². The highest BCUT2D eigenvalue weighted by atomic mass is 79.9. The van der Waals surface area contributed by atoms with E-state index in [1.165, 1.54) is 11.8 Å². The fraction of sp³-hybridized carbons (Fsp3) is 0.375. The summed E-state index contributed by atoms with van der Waals surface area (Å²) in [6.07, 6.45) is 3.15. The molecule has 108 valence electrons.